The van der Waals surface area contributed by atoms with Gasteiger partial charge in [-0.3, -0.25) is 9.89 Å². The number of rotatable bonds is 6. The van der Waals surface area contributed by atoms with Crippen molar-refractivity contribution in [3.63, 3.8) is 0 Å². The molecule has 1 amide bonds. The molecule has 0 saturated carbocycles. The second-order valence-corrected chi connectivity index (χ2v) is 5.28. The third-order valence-electron chi connectivity index (χ3n) is 2.82. The van der Waals surface area contributed by atoms with Crippen molar-refractivity contribution in [2.24, 2.45) is 0 Å². The van der Waals surface area contributed by atoms with Gasteiger partial charge in [0.25, 0.3) is 5.91 Å². The molecule has 0 aromatic carbocycles. The lowest BCUT2D eigenvalue weighted by Gasteiger charge is -2.13. The molecule has 6 heteroatoms. The zero-order valence-corrected chi connectivity index (χ0v) is 12.0. The van der Waals surface area contributed by atoms with Crippen LogP contribution >= 0.6 is 11.3 Å². The van der Waals surface area contributed by atoms with Gasteiger partial charge < -0.3 is 5.32 Å². The number of thiophene rings is 1. The van der Waals surface area contributed by atoms with Crippen molar-refractivity contribution in [1.29, 1.82) is 0 Å². The maximum Gasteiger partial charge on any atom is 0.291 e. The van der Waals surface area contributed by atoms with Gasteiger partial charge in [0, 0.05) is 11.3 Å². The largest absolute Gasteiger partial charge is 0.342 e. The maximum atomic E-state index is 12.1. The van der Waals surface area contributed by atoms with Gasteiger partial charge in [-0.15, -0.1) is 16.4 Å². The molecule has 0 radical (unpaired) electrons. The molecule has 0 bridgehead atoms. The van der Waals surface area contributed by atoms with Crippen molar-refractivity contribution >= 4 is 17.2 Å². The molecule has 5 nitrogen and oxygen atoms in total. The van der Waals surface area contributed by atoms with Crippen molar-refractivity contribution in [3.05, 3.63) is 34.0 Å². The van der Waals surface area contributed by atoms with Crippen LogP contribution in [0.4, 0.5) is 0 Å². The first-order valence-electron chi connectivity index (χ1n) is 6.50. The van der Waals surface area contributed by atoms with Crippen LogP contribution in [0.1, 0.15) is 54.1 Å². The van der Waals surface area contributed by atoms with Gasteiger partial charge in [-0.25, -0.2) is 4.98 Å². The van der Waals surface area contributed by atoms with Crippen LogP contribution < -0.4 is 5.32 Å². The lowest BCUT2D eigenvalue weighted by molar-refractivity contribution is 0.0926. The van der Waals surface area contributed by atoms with E-state index in [1.54, 1.807) is 11.3 Å². The number of carbonyl (C=O) groups is 1. The van der Waals surface area contributed by atoms with E-state index in [0.29, 0.717) is 0 Å². The van der Waals surface area contributed by atoms with E-state index in [4.69, 9.17) is 0 Å². The zero-order valence-electron chi connectivity index (χ0n) is 11.1. The minimum Gasteiger partial charge on any atom is -0.342 e. The summed E-state index contributed by atoms with van der Waals surface area (Å²) in [6.07, 6.45) is 2.63. The predicted molar refractivity (Wildman–Crippen MR) is 75.2 cm³/mol. The van der Waals surface area contributed by atoms with Crippen LogP contribution in [0.3, 0.4) is 0 Å². The van der Waals surface area contributed by atoms with E-state index in [1.807, 2.05) is 24.4 Å². The zero-order chi connectivity index (χ0) is 13.7. The summed E-state index contributed by atoms with van der Waals surface area (Å²) >= 11 is 1.64. The number of aromatic nitrogens is 3. The summed E-state index contributed by atoms with van der Waals surface area (Å²) in [5, 5.41) is 11.7. The Bertz CT molecular complexity index is 520. The molecule has 1 unspecified atom stereocenters. The van der Waals surface area contributed by atoms with Crippen LogP contribution in [0.15, 0.2) is 17.5 Å². The van der Waals surface area contributed by atoms with E-state index < -0.39 is 0 Å². The minimum absolute atomic E-state index is 0.0284. The molecule has 2 heterocycles. The van der Waals surface area contributed by atoms with E-state index in [2.05, 4.69) is 27.4 Å². The third kappa shape index (κ3) is 3.41. The molecule has 2 N–H and O–H groups in total. The average molecular weight is 278 g/mol. The van der Waals surface area contributed by atoms with Crippen LogP contribution in [-0.2, 0) is 6.42 Å². The number of amides is 1. The first kappa shape index (κ1) is 13.7. The molecule has 2 rings (SSSR count). The number of nitrogens with zero attached hydrogens (tertiary/aromatic N) is 2. The highest BCUT2D eigenvalue weighted by molar-refractivity contribution is 7.10. The van der Waals surface area contributed by atoms with E-state index in [0.717, 1.165) is 30.0 Å². The molecule has 0 fully saturated rings. The van der Waals surface area contributed by atoms with Crippen LogP contribution in [-0.4, -0.2) is 21.1 Å². The Morgan fingerprint density at radius 3 is 3.00 bits per heavy atom. The molecule has 19 heavy (non-hydrogen) atoms. The van der Waals surface area contributed by atoms with Crippen molar-refractivity contribution < 1.29 is 4.79 Å². The SMILES string of the molecule is CCCc1nc(C(=O)NC(CC)c2cccs2)n[nH]1. The fourth-order valence-corrected chi connectivity index (χ4v) is 2.69. The lowest BCUT2D eigenvalue weighted by atomic mass is 10.2. The number of hydrogen-bond donors (Lipinski definition) is 2. The van der Waals surface area contributed by atoms with Crippen LogP contribution in [0.25, 0.3) is 0 Å². The Morgan fingerprint density at radius 1 is 1.53 bits per heavy atom. The van der Waals surface area contributed by atoms with Crippen molar-refractivity contribution in [2.75, 3.05) is 0 Å². The van der Waals surface area contributed by atoms with Gasteiger partial charge >= 0.3 is 0 Å². The molecule has 0 saturated heterocycles. The van der Waals surface area contributed by atoms with E-state index in [-0.39, 0.29) is 17.8 Å². The van der Waals surface area contributed by atoms with Crippen LogP contribution in [0, 0.1) is 0 Å². The van der Waals surface area contributed by atoms with Crippen LogP contribution in [0.2, 0.25) is 0 Å². The van der Waals surface area contributed by atoms with Gasteiger partial charge in [0.15, 0.2) is 0 Å². The smallest absolute Gasteiger partial charge is 0.291 e. The van der Waals surface area contributed by atoms with Crippen LogP contribution in [0.5, 0.6) is 0 Å². The van der Waals surface area contributed by atoms with Crippen molar-refractivity contribution in [1.82, 2.24) is 20.5 Å². The molecule has 0 aliphatic heterocycles. The molecule has 102 valence electrons. The van der Waals surface area contributed by atoms with E-state index >= 15 is 0 Å². The maximum absolute atomic E-state index is 12.1. The van der Waals surface area contributed by atoms with Crippen molar-refractivity contribution in [3.8, 4) is 0 Å². The Morgan fingerprint density at radius 2 is 2.37 bits per heavy atom. The molecule has 2 aromatic rings. The Hall–Kier alpha value is -1.69. The van der Waals surface area contributed by atoms with Gasteiger partial charge in [-0.1, -0.05) is 19.9 Å². The first-order valence-corrected chi connectivity index (χ1v) is 7.38. The molecule has 0 aliphatic rings. The van der Waals surface area contributed by atoms with Crippen molar-refractivity contribution in [2.45, 2.75) is 39.2 Å². The summed E-state index contributed by atoms with van der Waals surface area (Å²) in [5.41, 5.74) is 0. The number of aryl methyl sites for hydroxylation is 1. The standard InChI is InChI=1S/C13H18N4OS/c1-3-6-11-15-12(17-16-11)13(18)14-9(4-2)10-7-5-8-19-10/h5,7-9H,3-4,6H2,1-2H3,(H,14,18)(H,15,16,17). The van der Waals surface area contributed by atoms with E-state index in [9.17, 15) is 4.79 Å². The summed E-state index contributed by atoms with van der Waals surface area (Å²) in [6, 6.07) is 4.04. The number of H-pyrrole nitrogens is 1. The quantitative estimate of drug-likeness (QED) is 0.853. The van der Waals surface area contributed by atoms with Gasteiger partial charge in [-0.2, -0.15) is 0 Å². The van der Waals surface area contributed by atoms with E-state index in [1.165, 1.54) is 0 Å². The number of aromatic amines is 1. The second kappa shape index (κ2) is 6.47. The first-order chi connectivity index (χ1) is 9.24. The topological polar surface area (TPSA) is 70.7 Å². The normalized spacial score (nSPS) is 12.3. The average Bonchev–Trinajstić information content (AvgIpc) is 3.07. The third-order valence-corrected chi connectivity index (χ3v) is 3.81. The molecule has 0 spiro atoms. The number of carbonyl (C=O) groups excluding carboxylic acids is 1. The van der Waals surface area contributed by atoms with Gasteiger partial charge in [0.1, 0.15) is 5.82 Å². The highest BCUT2D eigenvalue weighted by Gasteiger charge is 2.18. The Labute approximate surface area is 116 Å². The summed E-state index contributed by atoms with van der Waals surface area (Å²) in [6.45, 7) is 4.11. The Balaban J connectivity index is 2.02. The fourth-order valence-electron chi connectivity index (χ4n) is 1.83. The monoisotopic (exact) mass is 278 g/mol. The summed E-state index contributed by atoms with van der Waals surface area (Å²) < 4.78 is 0. The number of nitrogens with one attached hydrogen (secondary N) is 2. The molecule has 2 aromatic heterocycles. The fraction of sp³-hybridized carbons (Fsp3) is 0.462. The predicted octanol–water partition coefficient (Wildman–Crippen LogP) is 2.70. The Kier molecular flexibility index (Phi) is 4.68. The number of hydrogen-bond acceptors (Lipinski definition) is 4. The molecular formula is C13H18N4OS. The highest BCUT2D eigenvalue weighted by atomic mass is 32.1. The van der Waals surface area contributed by atoms with Gasteiger partial charge in [0.05, 0.1) is 6.04 Å². The lowest BCUT2D eigenvalue weighted by Crippen LogP contribution is -2.28. The second-order valence-electron chi connectivity index (χ2n) is 4.31. The minimum atomic E-state index is -0.223. The summed E-state index contributed by atoms with van der Waals surface area (Å²) in [7, 11) is 0. The summed E-state index contributed by atoms with van der Waals surface area (Å²) in [4.78, 5) is 17.4. The van der Waals surface area contributed by atoms with Gasteiger partial charge in [-0.05, 0) is 24.3 Å². The summed E-state index contributed by atoms with van der Waals surface area (Å²) in [5.74, 6) is 0.758. The highest BCUT2D eigenvalue weighted by Crippen LogP contribution is 2.21. The van der Waals surface area contributed by atoms with Gasteiger partial charge in [0.2, 0.25) is 5.82 Å². The molecular weight excluding hydrogens is 260 g/mol. The molecule has 0 aliphatic carbocycles. The molecule has 1 atom stereocenters.